The third kappa shape index (κ3) is 4.46. The van der Waals surface area contributed by atoms with E-state index in [0.717, 1.165) is 0 Å². The van der Waals surface area contributed by atoms with Gasteiger partial charge in [0.2, 0.25) is 0 Å². The molecule has 7 heteroatoms. The van der Waals surface area contributed by atoms with E-state index in [4.69, 9.17) is 14.2 Å². The summed E-state index contributed by atoms with van der Waals surface area (Å²) in [5.74, 6) is 0.0391. The summed E-state index contributed by atoms with van der Waals surface area (Å²) < 4.78 is 15.1. The van der Waals surface area contributed by atoms with Gasteiger partial charge in [0.05, 0.1) is 18.1 Å². The first-order valence-electron chi connectivity index (χ1n) is 5.56. The molecule has 19 heavy (non-hydrogen) atoms. The summed E-state index contributed by atoms with van der Waals surface area (Å²) in [6.45, 7) is 2.95. The number of hydrogen-bond donors (Lipinski definition) is 0. The van der Waals surface area contributed by atoms with Gasteiger partial charge in [0.15, 0.2) is 5.75 Å². The molecule has 0 amide bonds. The van der Waals surface area contributed by atoms with Crippen molar-refractivity contribution in [3.8, 4) is 11.5 Å². The first-order valence-corrected chi connectivity index (χ1v) is 5.56. The quantitative estimate of drug-likeness (QED) is 0.445. The maximum absolute atomic E-state index is 10.9. The van der Waals surface area contributed by atoms with Gasteiger partial charge in [-0.05, 0) is 19.1 Å². The van der Waals surface area contributed by atoms with Crippen molar-refractivity contribution in [1.29, 1.82) is 0 Å². The van der Waals surface area contributed by atoms with Gasteiger partial charge in [-0.15, -0.1) is 0 Å². The fourth-order valence-corrected chi connectivity index (χ4v) is 1.41. The number of nitrogens with zero attached hydrogens (tertiary/aromatic N) is 1. The van der Waals surface area contributed by atoms with Crippen LogP contribution in [0.25, 0.3) is 0 Å². The number of methoxy groups -OCH3 is 1. The Morgan fingerprint density at radius 2 is 2.16 bits per heavy atom. The summed E-state index contributed by atoms with van der Waals surface area (Å²) in [6, 6.07) is 4.27. The Morgan fingerprint density at radius 1 is 1.47 bits per heavy atom. The van der Waals surface area contributed by atoms with Gasteiger partial charge in [-0.2, -0.15) is 0 Å². The second-order valence-corrected chi connectivity index (χ2v) is 3.82. The lowest BCUT2D eigenvalue weighted by atomic mass is 10.3. The predicted molar refractivity (Wildman–Crippen MR) is 66.4 cm³/mol. The molecule has 0 heterocycles. The third-order valence-corrected chi connectivity index (χ3v) is 2.20. The summed E-state index contributed by atoms with van der Waals surface area (Å²) in [4.78, 5) is 21.1. The Labute approximate surface area is 110 Å². The highest BCUT2D eigenvalue weighted by Gasteiger charge is 2.17. The van der Waals surface area contributed by atoms with Crippen LogP contribution in [0.2, 0.25) is 0 Å². The fourth-order valence-electron chi connectivity index (χ4n) is 1.41. The zero-order valence-corrected chi connectivity index (χ0v) is 10.9. The van der Waals surface area contributed by atoms with Crippen molar-refractivity contribution in [3.05, 3.63) is 28.3 Å². The van der Waals surface area contributed by atoms with Crippen molar-refractivity contribution in [3.63, 3.8) is 0 Å². The zero-order chi connectivity index (χ0) is 14.4. The monoisotopic (exact) mass is 269 g/mol. The Balaban J connectivity index is 2.77. The molecule has 1 aromatic rings. The molecule has 104 valence electrons. The van der Waals surface area contributed by atoms with Crippen LogP contribution in [0.1, 0.15) is 13.8 Å². The lowest BCUT2D eigenvalue weighted by Gasteiger charge is -2.13. The molecule has 0 aliphatic rings. The van der Waals surface area contributed by atoms with Crippen molar-refractivity contribution >= 4 is 11.7 Å². The Morgan fingerprint density at radius 3 is 2.68 bits per heavy atom. The number of esters is 1. The van der Waals surface area contributed by atoms with Crippen LogP contribution in [-0.4, -0.2) is 30.7 Å². The summed E-state index contributed by atoms with van der Waals surface area (Å²) in [6.07, 6.45) is -0.487. The lowest BCUT2D eigenvalue weighted by Crippen LogP contribution is -2.20. The van der Waals surface area contributed by atoms with E-state index in [9.17, 15) is 14.9 Å². The molecule has 0 fully saturated rings. The van der Waals surface area contributed by atoms with Gasteiger partial charge >= 0.3 is 11.7 Å². The SMILES string of the molecule is COc1ccc(OCC(C)OC(C)=O)c([N+](=O)[O-])c1. The molecular formula is C12H15NO6. The van der Waals surface area contributed by atoms with Gasteiger partial charge in [-0.25, -0.2) is 0 Å². The minimum absolute atomic E-state index is 0.0345. The van der Waals surface area contributed by atoms with Gasteiger partial charge in [0.25, 0.3) is 0 Å². The first-order chi connectivity index (χ1) is 8.93. The van der Waals surface area contributed by atoms with E-state index in [1.165, 1.54) is 26.2 Å². The van der Waals surface area contributed by atoms with Crippen LogP contribution in [0.15, 0.2) is 18.2 Å². The molecule has 0 aromatic heterocycles. The Bertz CT molecular complexity index is 473. The molecule has 1 unspecified atom stereocenters. The minimum Gasteiger partial charge on any atom is -0.496 e. The van der Waals surface area contributed by atoms with E-state index in [-0.39, 0.29) is 18.0 Å². The average molecular weight is 269 g/mol. The molecule has 0 aliphatic carbocycles. The average Bonchev–Trinajstić information content (AvgIpc) is 2.35. The normalized spacial score (nSPS) is 11.5. The standard InChI is InChI=1S/C12H15NO6/c1-8(19-9(2)14)7-18-12-5-4-10(17-3)6-11(12)13(15)16/h4-6,8H,7H2,1-3H3. The van der Waals surface area contributed by atoms with E-state index >= 15 is 0 Å². The molecule has 1 rings (SSSR count). The van der Waals surface area contributed by atoms with E-state index in [0.29, 0.717) is 5.75 Å². The minimum atomic E-state index is -0.561. The number of benzene rings is 1. The summed E-state index contributed by atoms with van der Waals surface area (Å²) in [5.41, 5.74) is -0.200. The van der Waals surface area contributed by atoms with E-state index < -0.39 is 17.0 Å². The number of rotatable bonds is 6. The van der Waals surface area contributed by atoms with Gasteiger partial charge in [0.1, 0.15) is 18.5 Å². The second kappa shape index (κ2) is 6.58. The van der Waals surface area contributed by atoms with E-state index in [2.05, 4.69) is 0 Å². The predicted octanol–water partition coefficient (Wildman–Crippen LogP) is 1.93. The number of carbonyl (C=O) groups excluding carboxylic acids is 1. The summed E-state index contributed by atoms with van der Waals surface area (Å²) in [5, 5.41) is 10.9. The fraction of sp³-hybridized carbons (Fsp3) is 0.417. The van der Waals surface area contributed by atoms with Crippen molar-refractivity contribution in [2.24, 2.45) is 0 Å². The van der Waals surface area contributed by atoms with E-state index in [1.54, 1.807) is 13.0 Å². The van der Waals surface area contributed by atoms with Crippen LogP contribution < -0.4 is 9.47 Å². The lowest BCUT2D eigenvalue weighted by molar-refractivity contribution is -0.386. The van der Waals surface area contributed by atoms with Gasteiger partial charge in [-0.1, -0.05) is 0 Å². The first kappa shape index (κ1) is 14.7. The molecule has 7 nitrogen and oxygen atoms in total. The summed E-state index contributed by atoms with van der Waals surface area (Å²) in [7, 11) is 1.42. The highest BCUT2D eigenvalue weighted by molar-refractivity contribution is 5.66. The number of hydrogen-bond acceptors (Lipinski definition) is 6. The largest absolute Gasteiger partial charge is 0.496 e. The van der Waals surface area contributed by atoms with Crippen molar-refractivity contribution < 1.29 is 23.9 Å². The molecule has 0 spiro atoms. The molecule has 0 radical (unpaired) electrons. The smallest absolute Gasteiger partial charge is 0.314 e. The molecule has 0 bridgehead atoms. The molecule has 0 aliphatic heterocycles. The number of nitro groups is 1. The van der Waals surface area contributed by atoms with Crippen LogP contribution in [0.3, 0.4) is 0 Å². The zero-order valence-electron chi connectivity index (χ0n) is 10.9. The van der Waals surface area contributed by atoms with Crippen LogP contribution in [0.5, 0.6) is 11.5 Å². The topological polar surface area (TPSA) is 87.9 Å². The third-order valence-electron chi connectivity index (χ3n) is 2.20. The van der Waals surface area contributed by atoms with Crippen molar-refractivity contribution in [1.82, 2.24) is 0 Å². The number of nitro benzene ring substituents is 1. The maximum atomic E-state index is 10.9. The Kier molecular flexibility index (Phi) is 5.11. The van der Waals surface area contributed by atoms with Gasteiger partial charge in [0, 0.05) is 6.92 Å². The van der Waals surface area contributed by atoms with Crippen LogP contribution in [0, 0.1) is 10.1 Å². The van der Waals surface area contributed by atoms with Gasteiger partial charge in [-0.3, -0.25) is 14.9 Å². The molecule has 0 saturated carbocycles. The van der Waals surface area contributed by atoms with Crippen LogP contribution in [-0.2, 0) is 9.53 Å². The molecular weight excluding hydrogens is 254 g/mol. The summed E-state index contributed by atoms with van der Waals surface area (Å²) >= 11 is 0. The number of ether oxygens (including phenoxy) is 3. The maximum Gasteiger partial charge on any atom is 0.314 e. The molecule has 0 N–H and O–H groups in total. The number of carbonyl (C=O) groups is 1. The Hall–Kier alpha value is -2.31. The van der Waals surface area contributed by atoms with Crippen molar-refractivity contribution in [2.75, 3.05) is 13.7 Å². The van der Waals surface area contributed by atoms with Crippen LogP contribution in [0.4, 0.5) is 5.69 Å². The van der Waals surface area contributed by atoms with Crippen LogP contribution >= 0.6 is 0 Å². The van der Waals surface area contributed by atoms with E-state index in [1.807, 2.05) is 0 Å². The van der Waals surface area contributed by atoms with Crippen molar-refractivity contribution in [2.45, 2.75) is 20.0 Å². The highest BCUT2D eigenvalue weighted by atomic mass is 16.6. The van der Waals surface area contributed by atoms with Gasteiger partial charge < -0.3 is 14.2 Å². The molecule has 0 saturated heterocycles. The molecule has 1 aromatic carbocycles. The highest BCUT2D eigenvalue weighted by Crippen LogP contribution is 2.31. The second-order valence-electron chi connectivity index (χ2n) is 3.82. The molecule has 1 atom stereocenters.